The molecule has 0 bridgehead atoms. The molecule has 32 heteroatoms. The molecule has 0 saturated heterocycles. The number of imide groups is 1. The molecular formula is C60H95N19O13. The third-order valence-corrected chi connectivity index (χ3v) is 15.0. The van der Waals surface area contributed by atoms with E-state index >= 15 is 0 Å². The molecule has 0 saturated carbocycles. The second-order valence-corrected chi connectivity index (χ2v) is 23.3. The Kier molecular flexibility index (Phi) is 32.0. The summed E-state index contributed by atoms with van der Waals surface area (Å²) < 4.78 is 0. The number of benzene rings is 2. The first-order valence-corrected chi connectivity index (χ1v) is 30.6. The Morgan fingerprint density at radius 1 is 0.565 bits per heavy atom. The summed E-state index contributed by atoms with van der Waals surface area (Å²) in [6.07, 6.45) is 0.0907. The van der Waals surface area contributed by atoms with Crippen LogP contribution in [0.1, 0.15) is 132 Å². The van der Waals surface area contributed by atoms with E-state index in [2.05, 4.69) is 52.5 Å². The van der Waals surface area contributed by atoms with Gasteiger partial charge in [-0.2, -0.15) is 0 Å². The van der Waals surface area contributed by atoms with Gasteiger partial charge in [0.15, 0.2) is 11.9 Å². The molecule has 2 aromatic carbocycles. The molecular weight excluding hydrogens is 1190 g/mol. The Bertz CT molecular complexity index is 2960. The minimum absolute atomic E-state index is 0.00158. The molecule has 0 radical (unpaired) electrons. The van der Waals surface area contributed by atoms with E-state index in [1.165, 1.54) is 13.0 Å². The van der Waals surface area contributed by atoms with Gasteiger partial charge in [-0.25, -0.2) is 0 Å². The predicted octanol–water partition coefficient (Wildman–Crippen LogP) is -3.50. The monoisotopic (exact) mass is 1290 g/mol. The molecule has 11 amide bonds. The molecule has 508 valence electrons. The summed E-state index contributed by atoms with van der Waals surface area (Å²) in [5.41, 5.74) is 41.3. The van der Waals surface area contributed by atoms with E-state index in [1.807, 2.05) is 0 Å². The minimum atomic E-state index is -1.47. The number of fused-ring (bicyclic) bond motifs is 1. The predicted molar refractivity (Wildman–Crippen MR) is 343 cm³/mol. The molecule has 92 heavy (non-hydrogen) atoms. The van der Waals surface area contributed by atoms with Crippen LogP contribution in [0.3, 0.4) is 0 Å². The molecule has 32 nitrogen and oxygen atoms in total. The quantitative estimate of drug-likeness (QED) is 0.0133. The molecule has 23 N–H and O–H groups in total. The number of carboxylic acid groups (broad SMARTS) is 1. The zero-order valence-corrected chi connectivity index (χ0v) is 53.5. The van der Waals surface area contributed by atoms with Gasteiger partial charge in [0.25, 0.3) is 11.8 Å². The number of anilines is 1. The van der Waals surface area contributed by atoms with Crippen molar-refractivity contribution in [2.24, 2.45) is 62.0 Å². The molecule has 1 heterocycles. The fourth-order valence-electron chi connectivity index (χ4n) is 9.61. The second-order valence-electron chi connectivity index (χ2n) is 23.3. The highest BCUT2D eigenvalue weighted by Crippen LogP contribution is 2.27. The van der Waals surface area contributed by atoms with Gasteiger partial charge in [-0.1, -0.05) is 64.4 Å². The summed E-state index contributed by atoms with van der Waals surface area (Å²) in [7, 11) is 3.53. The van der Waals surface area contributed by atoms with Crippen LogP contribution in [0.5, 0.6) is 0 Å². The minimum Gasteiger partial charge on any atom is -0.481 e. The van der Waals surface area contributed by atoms with Crippen molar-refractivity contribution in [3.05, 3.63) is 65.2 Å². The summed E-state index contributed by atoms with van der Waals surface area (Å²) >= 11 is 0. The maximum Gasteiger partial charge on any atom is 0.303 e. The fourth-order valence-corrected chi connectivity index (χ4v) is 9.61. The first kappa shape index (κ1) is 76.8. The third-order valence-electron chi connectivity index (χ3n) is 15.0. The molecule has 0 aromatic heterocycles. The zero-order chi connectivity index (χ0) is 68.9. The topological polar surface area (TPSA) is 535 Å². The number of nitrogens with one attached hydrogen (secondary N) is 8. The number of nitrogens with two attached hydrogens (primary N) is 7. The lowest BCUT2D eigenvalue weighted by atomic mass is 9.95. The summed E-state index contributed by atoms with van der Waals surface area (Å²) in [6, 6.07) is 0.813. The van der Waals surface area contributed by atoms with Gasteiger partial charge >= 0.3 is 5.97 Å². The highest BCUT2D eigenvalue weighted by atomic mass is 16.4. The average Bonchev–Trinajstić information content (AvgIpc) is 1.94. The number of aliphatic carboxylic acids is 1. The van der Waals surface area contributed by atoms with Crippen molar-refractivity contribution in [1.29, 1.82) is 0 Å². The van der Waals surface area contributed by atoms with Crippen molar-refractivity contribution in [2.45, 2.75) is 166 Å². The van der Waals surface area contributed by atoms with Gasteiger partial charge in [0, 0.05) is 45.7 Å². The number of guanidine groups is 2. The Morgan fingerprint density at radius 3 is 1.55 bits per heavy atom. The average molecular weight is 1290 g/mol. The van der Waals surface area contributed by atoms with Crippen molar-refractivity contribution in [3.8, 4) is 0 Å². The number of carboxylic acids is 1. The van der Waals surface area contributed by atoms with Crippen molar-refractivity contribution in [1.82, 2.24) is 47.4 Å². The van der Waals surface area contributed by atoms with Crippen LogP contribution in [0.15, 0.2) is 58.5 Å². The van der Waals surface area contributed by atoms with Gasteiger partial charge in [0.2, 0.25) is 53.2 Å². The second kappa shape index (κ2) is 38.3. The number of nitrogens with zero attached hydrogens (tertiary/aromatic N) is 4. The van der Waals surface area contributed by atoms with E-state index in [4.69, 9.17) is 40.1 Å². The lowest BCUT2D eigenvalue weighted by Gasteiger charge is -2.30. The number of unbranched alkanes of at least 4 members (excludes halogenated alkanes) is 1. The van der Waals surface area contributed by atoms with Gasteiger partial charge in [-0.15, -0.1) is 0 Å². The van der Waals surface area contributed by atoms with E-state index < -0.39 is 144 Å². The Balaban J connectivity index is 1.91. The van der Waals surface area contributed by atoms with Crippen LogP contribution in [0.25, 0.3) is 0 Å². The normalized spacial score (nSPS) is 15.0. The molecule has 10 atom stereocenters. The van der Waals surface area contributed by atoms with Crippen molar-refractivity contribution >= 4 is 88.6 Å². The maximum absolute atomic E-state index is 14.6. The van der Waals surface area contributed by atoms with Crippen LogP contribution in [0.2, 0.25) is 0 Å². The van der Waals surface area contributed by atoms with Gasteiger partial charge in [-0.05, 0) is 107 Å². The summed E-state index contributed by atoms with van der Waals surface area (Å²) in [5, 5.41) is 30.3. The van der Waals surface area contributed by atoms with E-state index in [0.29, 0.717) is 30.5 Å². The lowest BCUT2D eigenvalue weighted by Crippen LogP contribution is -2.61. The number of hydrogen-bond donors (Lipinski definition) is 16. The van der Waals surface area contributed by atoms with Crippen LogP contribution in [-0.4, -0.2) is 188 Å². The van der Waals surface area contributed by atoms with Crippen LogP contribution in [0, 0.1) is 11.8 Å². The molecule has 0 fully saturated rings. The highest BCUT2D eigenvalue weighted by molar-refractivity contribution is 6.22. The van der Waals surface area contributed by atoms with E-state index in [1.54, 1.807) is 89.2 Å². The first-order valence-electron chi connectivity index (χ1n) is 30.6. The van der Waals surface area contributed by atoms with E-state index in [9.17, 15) is 62.6 Å². The highest BCUT2D eigenvalue weighted by Gasteiger charge is 2.39. The van der Waals surface area contributed by atoms with Gasteiger partial charge in [0.1, 0.15) is 54.4 Å². The van der Waals surface area contributed by atoms with Crippen LogP contribution in [-0.2, 0) is 54.4 Å². The van der Waals surface area contributed by atoms with Crippen molar-refractivity contribution in [2.75, 3.05) is 45.2 Å². The number of primary amides is 1. The fraction of sp³-hybridized carbons (Fsp3) is 0.567. The Morgan fingerprint density at radius 2 is 1.05 bits per heavy atom. The van der Waals surface area contributed by atoms with Gasteiger partial charge in [0.05, 0.1) is 17.7 Å². The van der Waals surface area contributed by atoms with Crippen molar-refractivity contribution < 1.29 is 62.6 Å². The number of carbonyl (C=O) groups excluding carboxylic acids is 11. The molecule has 1 aliphatic rings. The number of amides is 11. The summed E-state index contributed by atoms with van der Waals surface area (Å²) in [5.74, 6) is -11.7. The molecule has 3 rings (SSSR count). The van der Waals surface area contributed by atoms with E-state index in [-0.39, 0.29) is 100.0 Å². The summed E-state index contributed by atoms with van der Waals surface area (Å²) in [6.45, 7) is 8.02. The number of rotatable bonds is 41. The Labute approximate surface area is 535 Å². The van der Waals surface area contributed by atoms with Gasteiger partial charge < -0.3 is 92.7 Å². The number of carbonyl (C=O) groups is 12. The molecule has 0 unspecified atom stereocenters. The maximum atomic E-state index is 14.6. The molecule has 2 aromatic rings. The number of aliphatic imine (C=N–C) groups is 2. The molecule has 0 aliphatic carbocycles. The largest absolute Gasteiger partial charge is 0.481 e. The van der Waals surface area contributed by atoms with Crippen molar-refractivity contribution in [3.63, 3.8) is 0 Å². The standard InChI is InChI=1S/C60H95N19O13/c1-8-33(4)47(56(90)76-45(29-35-16-10-9-11-17-35)54(88)71-40(48(63)82)23-24-46(80)81)77-55(89)44(28-32(2)3)75-53(87)43(20-15-27-69-60(66)67)74-52(86)42(19-14-26-68-59(64)65)73-51(85)41(18-12-13-25-61)72-49(83)34(5)70-50(84)39(62)31-79-57(91)37-22-21-36(78(6)7)30-38(37)58(79)92/h9-11,16-17,21-22,30,32-34,39-45,47H,8,12-15,18-20,23-29,31,61-62H2,1-7H3,(H2,63,82)(H,70,84)(H,71,88)(H,72,83)(H,73,85)(H,74,86)(H,75,87)(H,76,90)(H,77,89)(H,80,81)(H4,64,65,68)(H4,66,67,69)/t33-,34-,39-,40-,41-,42-,43-,44-,45-,47-/m0/s1. The molecule has 0 spiro atoms. The van der Waals surface area contributed by atoms with Crippen LogP contribution >= 0.6 is 0 Å². The smallest absolute Gasteiger partial charge is 0.303 e. The van der Waals surface area contributed by atoms with Gasteiger partial charge in [-0.3, -0.25) is 72.4 Å². The molecule has 1 aliphatic heterocycles. The first-order chi connectivity index (χ1) is 43.4. The zero-order valence-electron chi connectivity index (χ0n) is 53.5. The Hall–Kier alpha value is -9.46. The van der Waals surface area contributed by atoms with Crippen LogP contribution < -0.4 is 87.6 Å². The number of hydrogen-bond acceptors (Lipinski definition) is 17. The lowest BCUT2D eigenvalue weighted by molar-refractivity contribution is -0.138. The third kappa shape index (κ3) is 25.4. The van der Waals surface area contributed by atoms with Crippen LogP contribution in [0.4, 0.5) is 5.69 Å². The summed E-state index contributed by atoms with van der Waals surface area (Å²) in [4.78, 5) is 174. The van der Waals surface area contributed by atoms with E-state index in [0.717, 1.165) is 4.90 Å². The SMILES string of the molecule is CC[C@H](C)[C@H](NC(=O)[C@H](CC(C)C)NC(=O)[C@H](CCCN=C(N)N)NC(=O)[C@H](CCCN=C(N)N)NC(=O)[C@H](CCCCN)NC(=O)[C@H](C)NC(=O)[C@@H](N)CN1C(=O)c2ccc(N(C)C)cc2C1=O)C(=O)N[C@@H](Cc1ccccc1)C(=O)N[C@@H](CCC(=O)O)C(N)=O.